The summed E-state index contributed by atoms with van der Waals surface area (Å²) in [4.78, 5) is 23.1. The molecule has 0 unspecified atom stereocenters. The van der Waals surface area contributed by atoms with Crippen molar-refractivity contribution < 1.29 is 14.7 Å². The zero-order chi connectivity index (χ0) is 10.7. The number of carboxylic acid groups (broad SMARTS) is 1. The van der Waals surface area contributed by atoms with Gasteiger partial charge in [0.15, 0.2) is 0 Å². The second kappa shape index (κ2) is 4.39. The Kier molecular flexibility index (Phi) is 3.43. The van der Waals surface area contributed by atoms with Crippen molar-refractivity contribution in [2.75, 3.05) is 13.1 Å². The van der Waals surface area contributed by atoms with E-state index in [1.807, 2.05) is 0 Å². The minimum Gasteiger partial charge on any atom is -0.481 e. The Hall–Kier alpha value is -1.14. The van der Waals surface area contributed by atoms with E-state index in [9.17, 15) is 9.59 Å². The van der Waals surface area contributed by atoms with Crippen LogP contribution in [0.2, 0.25) is 0 Å². The maximum absolute atomic E-state index is 11.4. The van der Waals surface area contributed by atoms with Crippen molar-refractivity contribution in [3.63, 3.8) is 0 Å². The molecule has 0 aromatic rings. The van der Waals surface area contributed by atoms with Crippen LogP contribution in [-0.2, 0) is 9.59 Å². The first-order valence-electron chi connectivity index (χ1n) is 4.51. The third-order valence-electron chi connectivity index (χ3n) is 2.32. The number of hydrogen-bond donors (Lipinski definition) is 3. The van der Waals surface area contributed by atoms with Crippen molar-refractivity contribution in [3.05, 3.63) is 0 Å². The molecule has 1 fully saturated rings. The highest BCUT2D eigenvalue weighted by molar-refractivity contribution is 5.81. The van der Waals surface area contributed by atoms with Crippen molar-refractivity contribution in [2.45, 2.75) is 24.9 Å². The maximum atomic E-state index is 11.4. The van der Waals surface area contributed by atoms with Crippen molar-refractivity contribution in [3.8, 4) is 0 Å². The minimum absolute atomic E-state index is 0.0226. The number of carbonyl (C=O) groups excluding carboxylic acids is 1. The average molecular weight is 201 g/mol. The molecule has 0 aromatic carbocycles. The molecule has 14 heavy (non-hydrogen) atoms. The Balaban J connectivity index is 2.36. The summed E-state index contributed by atoms with van der Waals surface area (Å²) >= 11 is 0. The van der Waals surface area contributed by atoms with E-state index < -0.39 is 5.97 Å². The van der Waals surface area contributed by atoms with Crippen LogP contribution < -0.4 is 11.5 Å². The van der Waals surface area contributed by atoms with Gasteiger partial charge in [-0.2, -0.15) is 0 Å². The summed E-state index contributed by atoms with van der Waals surface area (Å²) in [5.41, 5.74) is 11.3. The normalized spacial score (nSPS) is 26.6. The smallest absolute Gasteiger partial charge is 0.303 e. The van der Waals surface area contributed by atoms with Crippen molar-refractivity contribution in [1.82, 2.24) is 4.90 Å². The fraction of sp³-hybridized carbons (Fsp3) is 0.750. The third-order valence-corrected chi connectivity index (χ3v) is 2.32. The van der Waals surface area contributed by atoms with E-state index in [1.165, 1.54) is 4.90 Å². The Morgan fingerprint density at radius 1 is 1.21 bits per heavy atom. The molecule has 6 nitrogen and oxygen atoms in total. The predicted octanol–water partition coefficient (Wildman–Crippen LogP) is -1.65. The van der Waals surface area contributed by atoms with E-state index in [0.717, 1.165) is 0 Å². The van der Waals surface area contributed by atoms with E-state index in [1.54, 1.807) is 0 Å². The van der Waals surface area contributed by atoms with E-state index in [0.29, 0.717) is 13.1 Å². The quantitative estimate of drug-likeness (QED) is 0.506. The summed E-state index contributed by atoms with van der Waals surface area (Å²) in [7, 11) is 0. The highest BCUT2D eigenvalue weighted by Gasteiger charge is 2.29. The Morgan fingerprint density at radius 3 is 2.14 bits per heavy atom. The van der Waals surface area contributed by atoms with Crippen LogP contribution >= 0.6 is 0 Å². The molecule has 1 aliphatic rings. The number of nitrogens with zero attached hydrogens (tertiary/aromatic N) is 1. The Bertz CT molecular complexity index is 234. The standard InChI is InChI=1S/C8H15N3O3/c9-5-3-11(4-6(5)10)7(12)1-2-8(13)14/h5-6H,1-4,9-10H2,(H,13,14)/t5-,6-/m0/s1. The van der Waals surface area contributed by atoms with Crippen LogP contribution in [0.1, 0.15) is 12.8 Å². The molecule has 0 bridgehead atoms. The van der Waals surface area contributed by atoms with E-state index in [2.05, 4.69) is 0 Å². The monoisotopic (exact) mass is 201 g/mol. The molecule has 0 aliphatic carbocycles. The van der Waals surface area contributed by atoms with Crippen LogP contribution in [0.5, 0.6) is 0 Å². The van der Waals surface area contributed by atoms with Crippen LogP contribution in [0.4, 0.5) is 0 Å². The summed E-state index contributed by atoms with van der Waals surface area (Å²) in [6.07, 6.45) is -0.116. The Morgan fingerprint density at radius 2 is 1.71 bits per heavy atom. The summed E-state index contributed by atoms with van der Waals surface area (Å²) in [5.74, 6) is -1.15. The van der Waals surface area contributed by atoms with E-state index in [4.69, 9.17) is 16.6 Å². The molecule has 0 spiro atoms. The predicted molar refractivity (Wildman–Crippen MR) is 49.4 cm³/mol. The van der Waals surface area contributed by atoms with Gasteiger partial charge in [0.2, 0.25) is 5.91 Å². The highest BCUT2D eigenvalue weighted by atomic mass is 16.4. The van der Waals surface area contributed by atoms with Gasteiger partial charge in [-0.05, 0) is 0 Å². The molecule has 0 saturated carbocycles. The molecule has 1 saturated heterocycles. The summed E-state index contributed by atoms with van der Waals surface area (Å²) < 4.78 is 0. The molecular formula is C8H15N3O3. The second-order valence-corrected chi connectivity index (χ2v) is 3.52. The lowest BCUT2D eigenvalue weighted by atomic mass is 10.2. The fourth-order valence-corrected chi connectivity index (χ4v) is 1.43. The number of carbonyl (C=O) groups is 2. The molecule has 1 aliphatic heterocycles. The van der Waals surface area contributed by atoms with Gasteiger partial charge in [0.1, 0.15) is 0 Å². The third kappa shape index (κ3) is 2.68. The number of rotatable bonds is 3. The van der Waals surface area contributed by atoms with Crippen molar-refractivity contribution in [1.29, 1.82) is 0 Å². The summed E-state index contributed by atoms with van der Waals surface area (Å²) in [5, 5.41) is 8.39. The van der Waals surface area contributed by atoms with E-state index in [-0.39, 0.29) is 30.8 Å². The first-order valence-corrected chi connectivity index (χ1v) is 4.51. The van der Waals surface area contributed by atoms with Crippen LogP contribution in [-0.4, -0.2) is 47.1 Å². The number of hydrogen-bond acceptors (Lipinski definition) is 4. The lowest BCUT2D eigenvalue weighted by Gasteiger charge is -2.14. The number of aliphatic carboxylic acids is 1. The van der Waals surface area contributed by atoms with Gasteiger partial charge in [0.25, 0.3) is 0 Å². The van der Waals surface area contributed by atoms with Gasteiger partial charge in [-0.15, -0.1) is 0 Å². The lowest BCUT2D eigenvalue weighted by Crippen LogP contribution is -2.39. The SMILES string of the molecule is N[C@H]1CN(C(=O)CCC(=O)O)C[C@@H]1N. The van der Waals surface area contributed by atoms with Gasteiger partial charge in [0, 0.05) is 31.6 Å². The molecule has 0 radical (unpaired) electrons. The van der Waals surface area contributed by atoms with Gasteiger partial charge >= 0.3 is 5.97 Å². The van der Waals surface area contributed by atoms with Crippen LogP contribution in [0, 0.1) is 0 Å². The van der Waals surface area contributed by atoms with Crippen LogP contribution in [0.15, 0.2) is 0 Å². The highest BCUT2D eigenvalue weighted by Crippen LogP contribution is 2.08. The summed E-state index contributed by atoms with van der Waals surface area (Å²) in [6.45, 7) is 0.860. The first kappa shape index (κ1) is 10.9. The molecule has 2 atom stereocenters. The van der Waals surface area contributed by atoms with Gasteiger partial charge < -0.3 is 21.5 Å². The molecule has 5 N–H and O–H groups in total. The zero-order valence-electron chi connectivity index (χ0n) is 7.85. The van der Waals surface area contributed by atoms with Crippen LogP contribution in [0.25, 0.3) is 0 Å². The largest absolute Gasteiger partial charge is 0.481 e. The number of likely N-dealkylation sites (tertiary alicyclic amines) is 1. The second-order valence-electron chi connectivity index (χ2n) is 3.52. The topological polar surface area (TPSA) is 110 Å². The first-order chi connectivity index (χ1) is 6.50. The maximum Gasteiger partial charge on any atom is 0.303 e. The molecule has 6 heteroatoms. The van der Waals surface area contributed by atoms with E-state index >= 15 is 0 Å². The average Bonchev–Trinajstić information content (AvgIpc) is 2.43. The fourth-order valence-electron chi connectivity index (χ4n) is 1.43. The molecular weight excluding hydrogens is 186 g/mol. The minimum atomic E-state index is -0.967. The molecule has 1 amide bonds. The van der Waals surface area contributed by atoms with Crippen molar-refractivity contribution in [2.24, 2.45) is 11.5 Å². The number of nitrogens with two attached hydrogens (primary N) is 2. The van der Waals surface area contributed by atoms with Gasteiger partial charge in [-0.25, -0.2) is 0 Å². The lowest BCUT2D eigenvalue weighted by molar-refractivity contribution is -0.140. The van der Waals surface area contributed by atoms with Gasteiger partial charge in [0.05, 0.1) is 6.42 Å². The molecule has 1 heterocycles. The van der Waals surface area contributed by atoms with Crippen molar-refractivity contribution >= 4 is 11.9 Å². The van der Waals surface area contributed by atoms with Gasteiger partial charge in [-0.1, -0.05) is 0 Å². The molecule has 80 valence electrons. The summed E-state index contributed by atoms with van der Waals surface area (Å²) in [6, 6.07) is -0.382. The van der Waals surface area contributed by atoms with Crippen LogP contribution in [0.3, 0.4) is 0 Å². The molecule has 1 rings (SSSR count). The zero-order valence-corrected chi connectivity index (χ0v) is 7.85. The number of carboxylic acids is 1. The van der Waals surface area contributed by atoms with Gasteiger partial charge in [-0.3, -0.25) is 9.59 Å². The molecule has 0 aromatic heterocycles. The number of amides is 1. The Labute approximate surface area is 81.8 Å².